The molecule has 2 N–H and O–H groups in total. The van der Waals surface area contributed by atoms with Gasteiger partial charge in [0.25, 0.3) is 0 Å². The van der Waals surface area contributed by atoms with E-state index in [1.807, 2.05) is 0 Å². The highest BCUT2D eigenvalue weighted by Crippen LogP contribution is 2.43. The van der Waals surface area contributed by atoms with Crippen molar-refractivity contribution in [3.63, 3.8) is 0 Å². The Balaban J connectivity index is 1.96. The standard InChI is InChI=1S/C14H18FNO/c15-13-5-2-1-4-11(13)8-12(17)9-14(10-16)6-3-7-14/h1-2,4-5H,3,6-10,16H2. The van der Waals surface area contributed by atoms with Gasteiger partial charge in [0.2, 0.25) is 0 Å². The van der Waals surface area contributed by atoms with Crippen molar-refractivity contribution in [3.8, 4) is 0 Å². The van der Waals surface area contributed by atoms with Gasteiger partial charge in [-0.25, -0.2) is 4.39 Å². The molecule has 0 heterocycles. The summed E-state index contributed by atoms with van der Waals surface area (Å²) in [4.78, 5) is 11.9. The van der Waals surface area contributed by atoms with Crippen molar-refractivity contribution in [2.45, 2.75) is 32.1 Å². The van der Waals surface area contributed by atoms with Crippen molar-refractivity contribution in [2.75, 3.05) is 6.54 Å². The van der Waals surface area contributed by atoms with E-state index in [0.717, 1.165) is 19.3 Å². The molecule has 0 aliphatic heterocycles. The zero-order chi connectivity index (χ0) is 12.3. The molecule has 0 saturated heterocycles. The van der Waals surface area contributed by atoms with Gasteiger partial charge in [-0.1, -0.05) is 24.6 Å². The van der Waals surface area contributed by atoms with Gasteiger partial charge in [-0.3, -0.25) is 4.79 Å². The van der Waals surface area contributed by atoms with E-state index in [9.17, 15) is 9.18 Å². The number of carbonyl (C=O) groups is 1. The van der Waals surface area contributed by atoms with Gasteiger partial charge in [0.05, 0.1) is 0 Å². The molecule has 92 valence electrons. The van der Waals surface area contributed by atoms with Crippen LogP contribution in [0.2, 0.25) is 0 Å². The van der Waals surface area contributed by atoms with E-state index in [1.165, 1.54) is 6.07 Å². The molecule has 0 unspecified atom stereocenters. The predicted molar refractivity (Wildman–Crippen MR) is 65.1 cm³/mol. The van der Waals surface area contributed by atoms with Crippen molar-refractivity contribution in [1.82, 2.24) is 0 Å². The zero-order valence-corrected chi connectivity index (χ0v) is 9.92. The first-order valence-electron chi connectivity index (χ1n) is 6.10. The Morgan fingerprint density at radius 1 is 1.35 bits per heavy atom. The number of carbonyl (C=O) groups excluding carboxylic acids is 1. The minimum absolute atomic E-state index is 0.0162. The van der Waals surface area contributed by atoms with E-state index in [4.69, 9.17) is 5.73 Å². The van der Waals surface area contributed by atoms with Crippen molar-refractivity contribution in [1.29, 1.82) is 0 Å². The molecule has 0 bridgehead atoms. The van der Waals surface area contributed by atoms with Gasteiger partial charge in [-0.15, -0.1) is 0 Å². The Kier molecular flexibility index (Phi) is 3.57. The van der Waals surface area contributed by atoms with Crippen LogP contribution in [0.25, 0.3) is 0 Å². The second-order valence-corrected chi connectivity index (χ2v) is 5.04. The average molecular weight is 235 g/mol. The minimum Gasteiger partial charge on any atom is -0.330 e. The Labute approximate surface area is 101 Å². The summed E-state index contributed by atoms with van der Waals surface area (Å²) >= 11 is 0. The molecule has 1 aliphatic rings. The average Bonchev–Trinajstić information content (AvgIpc) is 2.27. The molecular weight excluding hydrogens is 217 g/mol. The van der Waals surface area contributed by atoms with Crippen molar-refractivity contribution < 1.29 is 9.18 Å². The first-order valence-corrected chi connectivity index (χ1v) is 6.10. The summed E-state index contributed by atoms with van der Waals surface area (Å²) in [6.07, 6.45) is 3.91. The largest absolute Gasteiger partial charge is 0.330 e. The van der Waals surface area contributed by atoms with Crippen LogP contribution in [-0.2, 0) is 11.2 Å². The zero-order valence-electron chi connectivity index (χ0n) is 9.92. The summed E-state index contributed by atoms with van der Waals surface area (Å²) in [5, 5.41) is 0. The summed E-state index contributed by atoms with van der Waals surface area (Å²) in [5.74, 6) is -0.198. The third-order valence-corrected chi connectivity index (χ3v) is 3.76. The number of benzene rings is 1. The highest BCUT2D eigenvalue weighted by Gasteiger charge is 2.37. The fourth-order valence-electron chi connectivity index (χ4n) is 2.46. The van der Waals surface area contributed by atoms with Crippen LogP contribution in [-0.4, -0.2) is 12.3 Å². The maximum absolute atomic E-state index is 13.4. The van der Waals surface area contributed by atoms with Crippen LogP contribution in [0.3, 0.4) is 0 Å². The highest BCUT2D eigenvalue weighted by molar-refractivity contribution is 5.81. The molecular formula is C14H18FNO. The van der Waals surface area contributed by atoms with Crippen LogP contribution >= 0.6 is 0 Å². The lowest BCUT2D eigenvalue weighted by Crippen LogP contribution is -2.39. The van der Waals surface area contributed by atoms with Gasteiger partial charge in [0.1, 0.15) is 11.6 Å². The summed E-state index contributed by atoms with van der Waals surface area (Å²) in [6.45, 7) is 0.565. The lowest BCUT2D eigenvalue weighted by atomic mass is 9.65. The fraction of sp³-hybridized carbons (Fsp3) is 0.500. The molecule has 1 fully saturated rings. The molecule has 17 heavy (non-hydrogen) atoms. The van der Waals surface area contributed by atoms with Crippen molar-refractivity contribution in [3.05, 3.63) is 35.6 Å². The van der Waals surface area contributed by atoms with Gasteiger partial charge >= 0.3 is 0 Å². The molecule has 1 aromatic carbocycles. The molecule has 2 rings (SSSR count). The minimum atomic E-state index is -0.295. The van der Waals surface area contributed by atoms with Crippen LogP contribution in [0.4, 0.5) is 4.39 Å². The van der Waals surface area contributed by atoms with Gasteiger partial charge in [-0.05, 0) is 36.4 Å². The second-order valence-electron chi connectivity index (χ2n) is 5.04. The Bertz CT molecular complexity index is 407. The lowest BCUT2D eigenvalue weighted by molar-refractivity contribution is -0.122. The maximum Gasteiger partial charge on any atom is 0.137 e. The van der Waals surface area contributed by atoms with Gasteiger partial charge in [-0.2, -0.15) is 0 Å². The maximum atomic E-state index is 13.4. The number of hydrogen-bond acceptors (Lipinski definition) is 2. The molecule has 3 heteroatoms. The smallest absolute Gasteiger partial charge is 0.137 e. The van der Waals surface area contributed by atoms with Crippen LogP contribution < -0.4 is 5.73 Å². The molecule has 2 nitrogen and oxygen atoms in total. The Morgan fingerprint density at radius 2 is 2.06 bits per heavy atom. The summed E-state index contributed by atoms with van der Waals surface area (Å²) in [5.41, 5.74) is 6.22. The summed E-state index contributed by atoms with van der Waals surface area (Å²) < 4.78 is 13.4. The third kappa shape index (κ3) is 2.72. The van der Waals surface area contributed by atoms with E-state index in [2.05, 4.69) is 0 Å². The fourth-order valence-corrected chi connectivity index (χ4v) is 2.46. The molecule has 0 radical (unpaired) electrons. The van der Waals surface area contributed by atoms with E-state index in [-0.39, 0.29) is 23.4 Å². The molecule has 0 atom stereocenters. The van der Waals surface area contributed by atoms with Gasteiger partial charge < -0.3 is 5.73 Å². The molecule has 1 saturated carbocycles. The molecule has 1 aliphatic carbocycles. The van der Waals surface area contributed by atoms with E-state index in [0.29, 0.717) is 18.5 Å². The Hall–Kier alpha value is -1.22. The first-order chi connectivity index (χ1) is 8.15. The SMILES string of the molecule is NCC1(CC(=O)Cc2ccccc2F)CCC1. The molecule has 0 spiro atoms. The number of Topliss-reactive ketones (excluding diaryl/α,β-unsaturated/α-hetero) is 1. The van der Waals surface area contributed by atoms with E-state index in [1.54, 1.807) is 18.2 Å². The van der Waals surface area contributed by atoms with Crippen molar-refractivity contribution in [2.24, 2.45) is 11.1 Å². The number of ketones is 1. The third-order valence-electron chi connectivity index (χ3n) is 3.76. The normalized spacial score (nSPS) is 17.5. The van der Waals surface area contributed by atoms with Crippen LogP contribution in [0.1, 0.15) is 31.2 Å². The lowest BCUT2D eigenvalue weighted by Gasteiger charge is -2.40. The van der Waals surface area contributed by atoms with Crippen LogP contribution in [0.15, 0.2) is 24.3 Å². The number of halogens is 1. The molecule has 0 aromatic heterocycles. The number of rotatable bonds is 5. The van der Waals surface area contributed by atoms with Crippen LogP contribution in [0.5, 0.6) is 0 Å². The predicted octanol–water partition coefficient (Wildman–Crippen LogP) is 2.46. The monoisotopic (exact) mass is 235 g/mol. The first kappa shape index (κ1) is 12.2. The number of nitrogens with two attached hydrogens (primary N) is 1. The molecule has 0 amide bonds. The van der Waals surface area contributed by atoms with Gasteiger partial charge in [0.15, 0.2) is 0 Å². The van der Waals surface area contributed by atoms with E-state index < -0.39 is 0 Å². The second kappa shape index (κ2) is 4.96. The summed E-state index contributed by atoms with van der Waals surface area (Å²) in [7, 11) is 0. The molecule has 1 aromatic rings. The van der Waals surface area contributed by atoms with Gasteiger partial charge in [0, 0.05) is 12.8 Å². The quantitative estimate of drug-likeness (QED) is 0.852. The summed E-state index contributed by atoms with van der Waals surface area (Å²) in [6, 6.07) is 6.46. The Morgan fingerprint density at radius 3 is 2.59 bits per heavy atom. The van der Waals surface area contributed by atoms with Crippen LogP contribution in [0, 0.1) is 11.2 Å². The highest BCUT2D eigenvalue weighted by atomic mass is 19.1. The van der Waals surface area contributed by atoms with E-state index >= 15 is 0 Å². The number of hydrogen-bond donors (Lipinski definition) is 1. The van der Waals surface area contributed by atoms with Crippen molar-refractivity contribution >= 4 is 5.78 Å². The topological polar surface area (TPSA) is 43.1 Å².